The molecule has 0 aliphatic heterocycles. The van der Waals surface area contributed by atoms with Gasteiger partial charge < -0.3 is 10.2 Å². The molecule has 20 heavy (non-hydrogen) atoms. The predicted octanol–water partition coefficient (Wildman–Crippen LogP) is 3.13. The quantitative estimate of drug-likeness (QED) is 0.885. The van der Waals surface area contributed by atoms with Crippen molar-refractivity contribution in [3.8, 4) is 0 Å². The number of rotatable bonds is 6. The maximum absolute atomic E-state index is 5.94. The van der Waals surface area contributed by atoms with Gasteiger partial charge in [0.2, 0.25) is 0 Å². The first-order chi connectivity index (χ1) is 9.66. The van der Waals surface area contributed by atoms with E-state index in [9.17, 15) is 0 Å². The molecule has 1 aromatic carbocycles. The zero-order chi connectivity index (χ0) is 14.4. The van der Waals surface area contributed by atoms with Gasteiger partial charge in [-0.2, -0.15) is 0 Å². The van der Waals surface area contributed by atoms with E-state index >= 15 is 0 Å². The van der Waals surface area contributed by atoms with Gasteiger partial charge in [-0.25, -0.2) is 0 Å². The van der Waals surface area contributed by atoms with Crippen LogP contribution in [-0.4, -0.2) is 30.5 Å². The standard InChI is InChI=1S/C16H20ClN3/c1-20(2)16(14-5-7-15(17)8-6-14)12-19-11-13-4-3-9-18-10-13/h3-10,16,19H,11-12H2,1-2H3/t16-/m1/s1. The van der Waals surface area contributed by atoms with Crippen molar-refractivity contribution < 1.29 is 0 Å². The zero-order valence-corrected chi connectivity index (χ0v) is 12.6. The molecule has 0 fully saturated rings. The number of likely N-dealkylation sites (N-methyl/N-ethyl adjacent to an activating group) is 1. The molecule has 1 atom stereocenters. The minimum absolute atomic E-state index is 0.323. The highest BCUT2D eigenvalue weighted by molar-refractivity contribution is 6.30. The predicted molar refractivity (Wildman–Crippen MR) is 83.8 cm³/mol. The van der Waals surface area contributed by atoms with Gasteiger partial charge in [-0.05, 0) is 43.4 Å². The molecule has 0 saturated carbocycles. The van der Waals surface area contributed by atoms with Crippen LogP contribution >= 0.6 is 11.6 Å². The van der Waals surface area contributed by atoms with Crippen LogP contribution in [0, 0.1) is 0 Å². The fourth-order valence-electron chi connectivity index (χ4n) is 2.14. The Morgan fingerprint density at radius 2 is 1.95 bits per heavy atom. The largest absolute Gasteiger partial charge is 0.311 e. The summed E-state index contributed by atoms with van der Waals surface area (Å²) in [6.07, 6.45) is 3.68. The summed E-state index contributed by atoms with van der Waals surface area (Å²) in [5.74, 6) is 0. The lowest BCUT2D eigenvalue weighted by atomic mass is 10.1. The Hall–Kier alpha value is -1.42. The Kier molecular flexibility index (Phi) is 5.53. The number of hydrogen-bond acceptors (Lipinski definition) is 3. The Morgan fingerprint density at radius 3 is 2.55 bits per heavy atom. The first kappa shape index (κ1) is 15.0. The summed E-state index contributed by atoms with van der Waals surface area (Å²) in [6, 6.07) is 12.4. The van der Waals surface area contributed by atoms with Crippen LogP contribution in [0.3, 0.4) is 0 Å². The van der Waals surface area contributed by atoms with E-state index in [1.165, 1.54) is 11.1 Å². The first-order valence-electron chi connectivity index (χ1n) is 6.68. The smallest absolute Gasteiger partial charge is 0.0466 e. The van der Waals surface area contributed by atoms with E-state index < -0.39 is 0 Å². The highest BCUT2D eigenvalue weighted by Crippen LogP contribution is 2.19. The molecule has 2 rings (SSSR count). The molecule has 1 aromatic heterocycles. The monoisotopic (exact) mass is 289 g/mol. The van der Waals surface area contributed by atoms with Crippen LogP contribution in [0.1, 0.15) is 17.2 Å². The normalized spacial score (nSPS) is 12.6. The number of hydrogen-bond donors (Lipinski definition) is 1. The highest BCUT2D eigenvalue weighted by Gasteiger charge is 2.13. The third kappa shape index (κ3) is 4.30. The number of aromatic nitrogens is 1. The van der Waals surface area contributed by atoms with E-state index in [1.807, 2.05) is 24.4 Å². The van der Waals surface area contributed by atoms with Crippen LogP contribution in [-0.2, 0) is 6.54 Å². The number of pyridine rings is 1. The molecular formula is C16H20ClN3. The van der Waals surface area contributed by atoms with E-state index in [0.717, 1.165) is 18.1 Å². The summed E-state index contributed by atoms with van der Waals surface area (Å²) >= 11 is 5.94. The summed E-state index contributed by atoms with van der Waals surface area (Å²) in [7, 11) is 4.18. The molecule has 0 spiro atoms. The molecule has 0 amide bonds. The van der Waals surface area contributed by atoms with E-state index in [2.05, 4.69) is 47.5 Å². The Labute approximate surface area is 125 Å². The van der Waals surface area contributed by atoms with Gasteiger partial charge in [0.1, 0.15) is 0 Å². The van der Waals surface area contributed by atoms with E-state index in [0.29, 0.717) is 6.04 Å². The van der Waals surface area contributed by atoms with Gasteiger partial charge in [0.05, 0.1) is 0 Å². The Bertz CT molecular complexity index is 511. The first-order valence-corrected chi connectivity index (χ1v) is 7.06. The second-order valence-electron chi connectivity index (χ2n) is 5.02. The van der Waals surface area contributed by atoms with Crippen LogP contribution in [0.25, 0.3) is 0 Å². The van der Waals surface area contributed by atoms with E-state index in [4.69, 9.17) is 11.6 Å². The van der Waals surface area contributed by atoms with Gasteiger partial charge >= 0.3 is 0 Å². The van der Waals surface area contributed by atoms with Crippen LogP contribution in [0.2, 0.25) is 5.02 Å². The number of halogens is 1. The van der Waals surface area contributed by atoms with Gasteiger partial charge in [-0.1, -0.05) is 29.8 Å². The van der Waals surface area contributed by atoms with Crippen molar-refractivity contribution in [3.05, 3.63) is 64.9 Å². The van der Waals surface area contributed by atoms with Gasteiger partial charge in [0.15, 0.2) is 0 Å². The number of nitrogens with zero attached hydrogens (tertiary/aromatic N) is 2. The third-order valence-electron chi connectivity index (χ3n) is 3.27. The second kappa shape index (κ2) is 7.39. The number of nitrogens with one attached hydrogen (secondary N) is 1. The SMILES string of the molecule is CN(C)[C@H](CNCc1cccnc1)c1ccc(Cl)cc1. The minimum Gasteiger partial charge on any atom is -0.311 e. The maximum Gasteiger partial charge on any atom is 0.0466 e. The summed E-state index contributed by atoms with van der Waals surface area (Å²) in [4.78, 5) is 6.33. The fraction of sp³-hybridized carbons (Fsp3) is 0.312. The Morgan fingerprint density at radius 1 is 1.20 bits per heavy atom. The van der Waals surface area contributed by atoms with Crippen LogP contribution in [0.15, 0.2) is 48.8 Å². The lowest BCUT2D eigenvalue weighted by molar-refractivity contribution is 0.288. The minimum atomic E-state index is 0.323. The Balaban J connectivity index is 1.94. The van der Waals surface area contributed by atoms with Crippen LogP contribution in [0.4, 0.5) is 0 Å². The molecule has 1 heterocycles. The van der Waals surface area contributed by atoms with Gasteiger partial charge in [0, 0.05) is 36.5 Å². The van der Waals surface area contributed by atoms with Crippen molar-refractivity contribution in [2.24, 2.45) is 0 Å². The van der Waals surface area contributed by atoms with Crippen molar-refractivity contribution >= 4 is 11.6 Å². The summed E-state index contributed by atoms with van der Waals surface area (Å²) in [5.41, 5.74) is 2.46. The number of benzene rings is 1. The molecule has 0 aliphatic carbocycles. The van der Waals surface area contributed by atoms with Crippen LogP contribution < -0.4 is 5.32 Å². The van der Waals surface area contributed by atoms with Crippen molar-refractivity contribution in [1.82, 2.24) is 15.2 Å². The molecule has 0 saturated heterocycles. The summed E-state index contributed by atoms with van der Waals surface area (Å²) in [5, 5.41) is 4.25. The van der Waals surface area contributed by atoms with E-state index in [1.54, 1.807) is 6.20 Å². The molecule has 0 radical (unpaired) electrons. The van der Waals surface area contributed by atoms with Crippen LogP contribution in [0.5, 0.6) is 0 Å². The van der Waals surface area contributed by atoms with Crippen molar-refractivity contribution in [2.45, 2.75) is 12.6 Å². The fourth-order valence-corrected chi connectivity index (χ4v) is 2.27. The van der Waals surface area contributed by atoms with Gasteiger partial charge in [-0.3, -0.25) is 4.98 Å². The van der Waals surface area contributed by atoms with Crippen molar-refractivity contribution in [1.29, 1.82) is 0 Å². The average Bonchev–Trinajstić information content (AvgIpc) is 2.46. The average molecular weight is 290 g/mol. The third-order valence-corrected chi connectivity index (χ3v) is 3.52. The van der Waals surface area contributed by atoms with Crippen molar-refractivity contribution in [3.63, 3.8) is 0 Å². The molecule has 3 nitrogen and oxygen atoms in total. The molecule has 2 aromatic rings. The molecule has 4 heteroatoms. The highest BCUT2D eigenvalue weighted by atomic mass is 35.5. The lowest BCUT2D eigenvalue weighted by Gasteiger charge is -2.25. The molecule has 0 aliphatic rings. The lowest BCUT2D eigenvalue weighted by Crippen LogP contribution is -2.30. The van der Waals surface area contributed by atoms with Gasteiger partial charge in [0.25, 0.3) is 0 Å². The maximum atomic E-state index is 5.94. The molecular weight excluding hydrogens is 270 g/mol. The molecule has 1 N–H and O–H groups in total. The summed E-state index contributed by atoms with van der Waals surface area (Å²) < 4.78 is 0. The second-order valence-corrected chi connectivity index (χ2v) is 5.46. The van der Waals surface area contributed by atoms with E-state index in [-0.39, 0.29) is 0 Å². The molecule has 0 bridgehead atoms. The van der Waals surface area contributed by atoms with Crippen molar-refractivity contribution in [2.75, 3.05) is 20.6 Å². The molecule has 0 unspecified atom stereocenters. The van der Waals surface area contributed by atoms with Gasteiger partial charge in [-0.15, -0.1) is 0 Å². The molecule has 106 valence electrons. The topological polar surface area (TPSA) is 28.2 Å². The summed E-state index contributed by atoms with van der Waals surface area (Å²) in [6.45, 7) is 1.70. The zero-order valence-electron chi connectivity index (χ0n) is 11.9.